The Morgan fingerprint density at radius 2 is 2.05 bits per heavy atom. The van der Waals surface area contributed by atoms with Crippen LogP contribution in [-0.2, 0) is 6.42 Å². The average molecular weight is 369 g/mol. The third-order valence-corrected chi connectivity index (χ3v) is 4.73. The van der Waals surface area contributed by atoms with Crippen molar-refractivity contribution in [3.8, 4) is 0 Å². The zero-order valence-electron chi connectivity index (χ0n) is 11.2. The van der Waals surface area contributed by atoms with Gasteiger partial charge in [0.1, 0.15) is 0 Å². The van der Waals surface area contributed by atoms with Gasteiger partial charge in [-0.3, -0.25) is 5.10 Å². The molecule has 3 rings (SSSR count). The highest BCUT2D eigenvalue weighted by Crippen LogP contribution is 2.22. The minimum Gasteiger partial charge on any atom is -0.250 e. The maximum Gasteiger partial charge on any atom is 0.216 e. The zero-order chi connectivity index (χ0) is 15.5. The number of benzene rings is 1. The Morgan fingerprint density at radius 3 is 2.73 bits per heavy atom. The first kappa shape index (κ1) is 15.4. The van der Waals surface area contributed by atoms with E-state index in [9.17, 15) is 0 Å². The summed E-state index contributed by atoms with van der Waals surface area (Å²) in [6, 6.07) is 9.35. The Kier molecular flexibility index (Phi) is 4.73. The molecule has 3 aromatic rings. The molecule has 0 fully saturated rings. The maximum atomic E-state index is 6.13. The summed E-state index contributed by atoms with van der Waals surface area (Å²) < 4.78 is 2.00. The van der Waals surface area contributed by atoms with Gasteiger partial charge in [0.2, 0.25) is 4.77 Å². The van der Waals surface area contributed by atoms with Gasteiger partial charge in [0.05, 0.1) is 16.3 Å². The molecule has 8 heteroatoms. The summed E-state index contributed by atoms with van der Waals surface area (Å²) >= 11 is 19.1. The van der Waals surface area contributed by atoms with Crippen molar-refractivity contribution < 1.29 is 0 Å². The second-order valence-electron chi connectivity index (χ2n) is 4.39. The fraction of sp³-hybridized carbons (Fsp3) is 0.0714. The summed E-state index contributed by atoms with van der Waals surface area (Å²) in [5.41, 5.74) is 0.649. The van der Waals surface area contributed by atoms with Gasteiger partial charge in [-0.25, -0.2) is 0 Å². The molecule has 0 aliphatic carbocycles. The van der Waals surface area contributed by atoms with Gasteiger partial charge < -0.3 is 0 Å². The summed E-state index contributed by atoms with van der Waals surface area (Å²) in [6.45, 7) is 0. The van der Waals surface area contributed by atoms with E-state index in [-0.39, 0.29) is 0 Å². The number of rotatable bonds is 4. The lowest BCUT2D eigenvalue weighted by molar-refractivity contribution is 0.795. The maximum absolute atomic E-state index is 6.13. The van der Waals surface area contributed by atoms with Crippen LogP contribution in [0.5, 0.6) is 0 Å². The lowest BCUT2D eigenvalue weighted by atomic mass is 10.2. The van der Waals surface area contributed by atoms with Crippen LogP contribution in [0.1, 0.15) is 16.3 Å². The highest BCUT2D eigenvalue weighted by molar-refractivity contribution is 7.71. The molecule has 0 saturated carbocycles. The fourth-order valence-electron chi connectivity index (χ4n) is 1.88. The van der Waals surface area contributed by atoms with Crippen LogP contribution in [0.4, 0.5) is 0 Å². The van der Waals surface area contributed by atoms with Crippen molar-refractivity contribution in [2.24, 2.45) is 5.10 Å². The largest absolute Gasteiger partial charge is 0.250 e. The minimum absolute atomic E-state index is 0.422. The monoisotopic (exact) mass is 368 g/mol. The normalized spacial score (nSPS) is 11.4. The van der Waals surface area contributed by atoms with Crippen molar-refractivity contribution >= 4 is 53.0 Å². The van der Waals surface area contributed by atoms with Gasteiger partial charge in [-0.1, -0.05) is 35.3 Å². The first-order chi connectivity index (χ1) is 10.6. The van der Waals surface area contributed by atoms with Crippen molar-refractivity contribution in [3.63, 3.8) is 0 Å². The van der Waals surface area contributed by atoms with Crippen LogP contribution < -0.4 is 0 Å². The number of aromatic amines is 1. The molecule has 0 spiro atoms. The van der Waals surface area contributed by atoms with Crippen LogP contribution >= 0.6 is 46.8 Å². The molecule has 1 aromatic carbocycles. The Balaban J connectivity index is 1.94. The Hall–Kier alpha value is -1.47. The number of hydrogen-bond acceptors (Lipinski definition) is 4. The average Bonchev–Trinajstić information content (AvgIpc) is 3.11. The van der Waals surface area contributed by atoms with E-state index in [2.05, 4.69) is 15.3 Å². The molecule has 4 nitrogen and oxygen atoms in total. The molecular formula is C14H10Cl2N4S2. The first-order valence-corrected chi connectivity index (χ1v) is 8.36. The summed E-state index contributed by atoms with van der Waals surface area (Å²) in [5, 5.41) is 14.4. The summed E-state index contributed by atoms with van der Waals surface area (Å²) in [5.74, 6) is 0.729. The number of halogens is 2. The molecule has 0 atom stereocenters. The topological polar surface area (TPSA) is 46.0 Å². The third kappa shape index (κ3) is 3.30. The van der Waals surface area contributed by atoms with Gasteiger partial charge in [0, 0.05) is 16.9 Å². The van der Waals surface area contributed by atoms with E-state index in [4.69, 9.17) is 35.4 Å². The molecule has 0 saturated heterocycles. The van der Waals surface area contributed by atoms with Gasteiger partial charge in [0.15, 0.2) is 5.82 Å². The number of thiophene rings is 1. The Bertz CT molecular complexity index is 845. The SMILES string of the molecule is S=c1[nH]nc(Cc2cccs2)n1/N=C\c1c(Cl)cccc1Cl. The van der Waals surface area contributed by atoms with Crippen LogP contribution in [0.25, 0.3) is 0 Å². The zero-order valence-corrected chi connectivity index (χ0v) is 14.3. The van der Waals surface area contributed by atoms with E-state index in [0.717, 1.165) is 5.82 Å². The molecule has 0 aliphatic rings. The van der Waals surface area contributed by atoms with Crippen molar-refractivity contribution in [2.45, 2.75) is 6.42 Å². The lowest BCUT2D eigenvalue weighted by Crippen LogP contribution is -1.99. The van der Waals surface area contributed by atoms with Crippen molar-refractivity contribution in [1.82, 2.24) is 14.9 Å². The van der Waals surface area contributed by atoms with E-state index < -0.39 is 0 Å². The van der Waals surface area contributed by atoms with Crippen LogP contribution in [0.3, 0.4) is 0 Å². The van der Waals surface area contributed by atoms with Gasteiger partial charge in [-0.15, -0.1) is 11.3 Å². The number of nitrogens with one attached hydrogen (secondary N) is 1. The van der Waals surface area contributed by atoms with Gasteiger partial charge in [0.25, 0.3) is 0 Å². The molecular weight excluding hydrogens is 359 g/mol. The predicted octanol–water partition coefficient (Wildman–Crippen LogP) is 4.78. The van der Waals surface area contributed by atoms with E-state index >= 15 is 0 Å². The lowest BCUT2D eigenvalue weighted by Gasteiger charge is -2.02. The minimum atomic E-state index is 0.422. The number of H-pyrrole nitrogens is 1. The molecule has 1 N–H and O–H groups in total. The molecule has 2 aromatic heterocycles. The number of aromatic nitrogens is 3. The smallest absolute Gasteiger partial charge is 0.216 e. The highest BCUT2D eigenvalue weighted by atomic mass is 35.5. The second kappa shape index (κ2) is 6.75. The van der Waals surface area contributed by atoms with Crippen molar-refractivity contribution in [3.05, 3.63) is 66.8 Å². The molecule has 0 aliphatic heterocycles. The quantitative estimate of drug-likeness (QED) is 0.531. The number of nitrogens with zero attached hydrogens (tertiary/aromatic N) is 3. The van der Waals surface area contributed by atoms with Crippen molar-refractivity contribution in [2.75, 3.05) is 0 Å². The molecule has 112 valence electrons. The molecule has 0 radical (unpaired) electrons. The van der Waals surface area contributed by atoms with Gasteiger partial charge in [-0.2, -0.15) is 14.9 Å². The first-order valence-electron chi connectivity index (χ1n) is 6.32. The van der Waals surface area contributed by atoms with Gasteiger partial charge >= 0.3 is 0 Å². The standard InChI is InChI=1S/C14H10Cl2N4S2/c15-11-4-1-5-12(16)10(11)8-17-20-13(18-19-14(20)21)7-9-3-2-6-22-9/h1-6,8H,7H2,(H,19,21)/b17-8-. The van der Waals surface area contributed by atoms with Crippen molar-refractivity contribution in [1.29, 1.82) is 0 Å². The number of hydrogen-bond donors (Lipinski definition) is 1. The second-order valence-corrected chi connectivity index (χ2v) is 6.63. The summed E-state index contributed by atoms with van der Waals surface area (Å²) in [7, 11) is 0. The van der Waals surface area contributed by atoms with Gasteiger partial charge in [-0.05, 0) is 35.8 Å². The summed E-state index contributed by atoms with van der Waals surface area (Å²) in [4.78, 5) is 1.18. The highest BCUT2D eigenvalue weighted by Gasteiger charge is 2.08. The van der Waals surface area contributed by atoms with E-state index in [1.165, 1.54) is 4.88 Å². The molecule has 0 bridgehead atoms. The molecule has 2 heterocycles. The fourth-order valence-corrected chi connectivity index (χ4v) is 3.27. The molecule has 0 unspecified atom stereocenters. The van der Waals surface area contributed by atoms with Crippen LogP contribution in [-0.4, -0.2) is 21.1 Å². The Labute approximate surface area is 146 Å². The molecule has 22 heavy (non-hydrogen) atoms. The molecule has 0 amide bonds. The van der Waals surface area contributed by atoms with Crippen LogP contribution in [0.15, 0.2) is 40.8 Å². The van der Waals surface area contributed by atoms with E-state index in [1.807, 2.05) is 17.5 Å². The third-order valence-electron chi connectivity index (χ3n) is 2.93. The Morgan fingerprint density at radius 1 is 1.27 bits per heavy atom. The van der Waals surface area contributed by atoms with Crippen LogP contribution in [0, 0.1) is 4.77 Å². The van der Waals surface area contributed by atoms with E-state index in [1.54, 1.807) is 40.4 Å². The van der Waals surface area contributed by atoms with E-state index in [0.29, 0.717) is 26.8 Å². The predicted molar refractivity (Wildman–Crippen MR) is 94.0 cm³/mol. The summed E-state index contributed by atoms with van der Waals surface area (Å²) in [6.07, 6.45) is 2.24. The van der Waals surface area contributed by atoms with Crippen LogP contribution in [0.2, 0.25) is 10.0 Å².